The Labute approximate surface area is 164 Å². The zero-order valence-electron chi connectivity index (χ0n) is 15.9. The maximum absolute atomic E-state index is 12.9. The highest BCUT2D eigenvalue weighted by Gasteiger charge is 2.29. The number of nitrogens with one attached hydrogen (secondary N) is 2. The molecule has 0 spiro atoms. The summed E-state index contributed by atoms with van der Waals surface area (Å²) in [5, 5.41) is 5.84. The summed E-state index contributed by atoms with van der Waals surface area (Å²) >= 11 is 0. The van der Waals surface area contributed by atoms with Gasteiger partial charge in [0.05, 0.1) is 7.11 Å². The Balaban J connectivity index is 1.44. The third kappa shape index (κ3) is 5.31. The van der Waals surface area contributed by atoms with Crippen LogP contribution < -0.4 is 15.4 Å². The van der Waals surface area contributed by atoms with Crippen molar-refractivity contribution in [3.05, 3.63) is 59.9 Å². The van der Waals surface area contributed by atoms with Crippen LogP contribution in [0.4, 0.5) is 10.1 Å². The lowest BCUT2D eigenvalue weighted by molar-refractivity contribution is -0.128. The summed E-state index contributed by atoms with van der Waals surface area (Å²) in [6.07, 6.45) is 2.74. The van der Waals surface area contributed by atoms with E-state index in [1.54, 1.807) is 25.3 Å². The predicted molar refractivity (Wildman–Crippen MR) is 105 cm³/mol. The number of hydrogen-bond donors (Lipinski definition) is 2. The summed E-state index contributed by atoms with van der Waals surface area (Å²) < 4.78 is 18.1. The second kappa shape index (κ2) is 9.35. The Hall–Kier alpha value is -2.89. The van der Waals surface area contributed by atoms with E-state index in [2.05, 4.69) is 10.6 Å². The van der Waals surface area contributed by atoms with Gasteiger partial charge in [-0.2, -0.15) is 0 Å². The van der Waals surface area contributed by atoms with Crippen molar-refractivity contribution in [3.8, 4) is 5.75 Å². The van der Waals surface area contributed by atoms with Crippen LogP contribution in [0.2, 0.25) is 0 Å². The number of ether oxygens (including phenoxy) is 1. The Morgan fingerprint density at radius 1 is 1.00 bits per heavy atom. The molecule has 0 radical (unpaired) electrons. The molecule has 0 aromatic heterocycles. The summed E-state index contributed by atoms with van der Waals surface area (Å²) in [4.78, 5) is 24.9. The van der Waals surface area contributed by atoms with E-state index in [1.165, 1.54) is 12.1 Å². The van der Waals surface area contributed by atoms with E-state index in [-0.39, 0.29) is 29.5 Å². The van der Waals surface area contributed by atoms with Gasteiger partial charge in [-0.3, -0.25) is 9.59 Å². The second-order valence-corrected chi connectivity index (χ2v) is 7.11. The minimum Gasteiger partial charge on any atom is -0.497 e. The number of anilines is 1. The zero-order chi connectivity index (χ0) is 19.9. The van der Waals surface area contributed by atoms with Crippen LogP contribution in [0.25, 0.3) is 0 Å². The molecule has 5 nitrogen and oxygen atoms in total. The van der Waals surface area contributed by atoms with Crippen molar-refractivity contribution in [2.75, 3.05) is 12.4 Å². The smallest absolute Gasteiger partial charge is 0.227 e. The molecule has 3 rings (SSSR count). The summed E-state index contributed by atoms with van der Waals surface area (Å²) in [7, 11) is 1.59. The van der Waals surface area contributed by atoms with Crippen LogP contribution >= 0.6 is 0 Å². The number of benzene rings is 2. The number of amides is 2. The molecule has 0 heterocycles. The van der Waals surface area contributed by atoms with Crippen LogP contribution in [0.15, 0.2) is 48.5 Å². The van der Waals surface area contributed by atoms with E-state index >= 15 is 0 Å². The van der Waals surface area contributed by atoms with Crippen molar-refractivity contribution < 1.29 is 18.7 Å². The summed E-state index contributed by atoms with van der Waals surface area (Å²) in [6.45, 7) is 0.384. The molecule has 0 unspecified atom stereocenters. The van der Waals surface area contributed by atoms with E-state index in [9.17, 15) is 14.0 Å². The van der Waals surface area contributed by atoms with Crippen LogP contribution in [0.1, 0.15) is 31.2 Å². The van der Waals surface area contributed by atoms with Gasteiger partial charge in [0.1, 0.15) is 11.6 Å². The second-order valence-electron chi connectivity index (χ2n) is 7.11. The molecule has 0 bridgehead atoms. The Morgan fingerprint density at radius 2 is 1.64 bits per heavy atom. The number of rotatable bonds is 6. The first-order valence-corrected chi connectivity index (χ1v) is 9.52. The van der Waals surface area contributed by atoms with E-state index in [1.807, 2.05) is 18.2 Å². The van der Waals surface area contributed by atoms with Crippen molar-refractivity contribution in [2.24, 2.45) is 11.8 Å². The molecule has 0 atom stereocenters. The highest BCUT2D eigenvalue weighted by atomic mass is 19.1. The highest BCUT2D eigenvalue weighted by Crippen LogP contribution is 2.30. The van der Waals surface area contributed by atoms with Crippen LogP contribution in [-0.2, 0) is 16.1 Å². The standard InChI is InChI=1S/C22H25FN2O3/c1-28-20-4-2-3-19(13-20)25-22(27)17-9-7-16(8-10-17)21(26)24-14-15-5-11-18(23)12-6-15/h2-6,11-13,16-17H,7-10,14H2,1H3,(H,24,26)(H,25,27). The van der Waals surface area contributed by atoms with Gasteiger partial charge in [0, 0.05) is 30.1 Å². The highest BCUT2D eigenvalue weighted by molar-refractivity contribution is 5.93. The van der Waals surface area contributed by atoms with Gasteiger partial charge in [-0.25, -0.2) is 4.39 Å². The lowest BCUT2D eigenvalue weighted by Gasteiger charge is -2.27. The average molecular weight is 384 g/mol. The molecule has 1 aliphatic carbocycles. The third-order valence-electron chi connectivity index (χ3n) is 5.19. The Kier molecular flexibility index (Phi) is 6.63. The van der Waals surface area contributed by atoms with E-state index in [4.69, 9.17) is 4.74 Å². The lowest BCUT2D eigenvalue weighted by atomic mass is 9.81. The summed E-state index contributed by atoms with van der Waals surface area (Å²) in [5.41, 5.74) is 1.57. The van der Waals surface area contributed by atoms with Crippen molar-refractivity contribution in [1.29, 1.82) is 0 Å². The SMILES string of the molecule is COc1cccc(NC(=O)C2CCC(C(=O)NCc3ccc(F)cc3)CC2)c1. The van der Waals surface area contributed by atoms with Gasteiger partial charge in [-0.05, 0) is 55.5 Å². The topological polar surface area (TPSA) is 67.4 Å². The van der Waals surface area contributed by atoms with Crippen molar-refractivity contribution in [1.82, 2.24) is 5.32 Å². The van der Waals surface area contributed by atoms with Gasteiger partial charge in [0.25, 0.3) is 0 Å². The molecule has 2 aromatic carbocycles. The maximum atomic E-state index is 12.9. The number of methoxy groups -OCH3 is 1. The Morgan fingerprint density at radius 3 is 2.29 bits per heavy atom. The lowest BCUT2D eigenvalue weighted by Crippen LogP contribution is -2.35. The first-order valence-electron chi connectivity index (χ1n) is 9.52. The molecule has 1 fully saturated rings. The maximum Gasteiger partial charge on any atom is 0.227 e. The van der Waals surface area contributed by atoms with Gasteiger partial charge in [0.15, 0.2) is 0 Å². The first kappa shape index (κ1) is 19.9. The normalized spacial score (nSPS) is 18.9. The third-order valence-corrected chi connectivity index (χ3v) is 5.19. The van der Waals surface area contributed by atoms with Gasteiger partial charge in [-0.15, -0.1) is 0 Å². The molecule has 2 amide bonds. The largest absolute Gasteiger partial charge is 0.497 e. The molecule has 0 saturated heterocycles. The quantitative estimate of drug-likeness (QED) is 0.794. The average Bonchev–Trinajstić information content (AvgIpc) is 2.73. The van der Waals surface area contributed by atoms with Gasteiger partial charge in [0.2, 0.25) is 11.8 Å². The van der Waals surface area contributed by atoms with E-state index in [0.717, 1.165) is 5.56 Å². The van der Waals surface area contributed by atoms with Gasteiger partial charge in [-0.1, -0.05) is 18.2 Å². The van der Waals surface area contributed by atoms with Crippen LogP contribution in [0, 0.1) is 17.7 Å². The molecule has 1 saturated carbocycles. The van der Waals surface area contributed by atoms with Gasteiger partial charge < -0.3 is 15.4 Å². The molecule has 2 N–H and O–H groups in total. The minimum absolute atomic E-state index is 0.00372. The fraction of sp³-hybridized carbons (Fsp3) is 0.364. The van der Waals surface area contributed by atoms with Crippen LogP contribution in [0.3, 0.4) is 0 Å². The van der Waals surface area contributed by atoms with Crippen LogP contribution in [0.5, 0.6) is 5.75 Å². The van der Waals surface area contributed by atoms with E-state index < -0.39 is 0 Å². The zero-order valence-corrected chi connectivity index (χ0v) is 15.9. The van der Waals surface area contributed by atoms with Crippen molar-refractivity contribution in [2.45, 2.75) is 32.2 Å². The molecule has 148 valence electrons. The fourth-order valence-corrected chi connectivity index (χ4v) is 3.50. The van der Waals surface area contributed by atoms with Crippen LogP contribution in [-0.4, -0.2) is 18.9 Å². The number of hydrogen-bond acceptors (Lipinski definition) is 3. The molecule has 1 aliphatic rings. The molecular weight excluding hydrogens is 359 g/mol. The minimum atomic E-state index is -0.291. The molecular formula is C22H25FN2O3. The van der Waals surface area contributed by atoms with E-state index in [0.29, 0.717) is 43.7 Å². The fourth-order valence-electron chi connectivity index (χ4n) is 3.50. The molecule has 0 aliphatic heterocycles. The van der Waals surface area contributed by atoms with Crippen molar-refractivity contribution >= 4 is 17.5 Å². The molecule has 6 heteroatoms. The number of carbonyl (C=O) groups excluding carboxylic acids is 2. The van der Waals surface area contributed by atoms with Gasteiger partial charge >= 0.3 is 0 Å². The predicted octanol–water partition coefficient (Wildman–Crippen LogP) is 3.90. The Bertz CT molecular complexity index is 815. The number of carbonyl (C=O) groups is 2. The summed E-state index contributed by atoms with van der Waals surface area (Å²) in [6, 6.07) is 13.4. The monoisotopic (exact) mass is 384 g/mol. The molecule has 2 aromatic rings. The first-order chi connectivity index (χ1) is 13.5. The molecule has 28 heavy (non-hydrogen) atoms. The number of halogens is 1. The van der Waals surface area contributed by atoms with Crippen molar-refractivity contribution in [3.63, 3.8) is 0 Å². The summed E-state index contributed by atoms with van der Waals surface area (Å²) in [5.74, 6) is 0.211.